The van der Waals surface area contributed by atoms with Crippen LogP contribution in [0.4, 0.5) is 4.39 Å². The lowest BCUT2D eigenvalue weighted by molar-refractivity contribution is -0.120. The molecular formula is C18H20FNO3. The number of halogens is 1. The van der Waals surface area contributed by atoms with E-state index in [4.69, 9.17) is 9.47 Å². The van der Waals surface area contributed by atoms with Gasteiger partial charge in [0.05, 0.1) is 20.6 Å². The number of hydrogen-bond donors (Lipinski definition) is 1. The van der Waals surface area contributed by atoms with E-state index in [-0.39, 0.29) is 18.1 Å². The Bertz CT molecular complexity index is 673. The van der Waals surface area contributed by atoms with E-state index >= 15 is 0 Å². The van der Waals surface area contributed by atoms with E-state index < -0.39 is 0 Å². The largest absolute Gasteiger partial charge is 0.497 e. The summed E-state index contributed by atoms with van der Waals surface area (Å²) >= 11 is 0. The van der Waals surface area contributed by atoms with Crippen molar-refractivity contribution in [2.24, 2.45) is 0 Å². The number of rotatable bonds is 7. The lowest BCUT2D eigenvalue weighted by Gasteiger charge is -2.09. The van der Waals surface area contributed by atoms with Gasteiger partial charge in [0.25, 0.3) is 0 Å². The zero-order valence-electron chi connectivity index (χ0n) is 13.3. The molecule has 0 aliphatic heterocycles. The number of methoxy groups -OCH3 is 2. The highest BCUT2D eigenvalue weighted by molar-refractivity contribution is 5.79. The maximum Gasteiger partial charge on any atom is 0.224 e. The number of amides is 1. The second kappa shape index (κ2) is 8.17. The zero-order chi connectivity index (χ0) is 16.7. The van der Waals surface area contributed by atoms with Crippen LogP contribution in [0.5, 0.6) is 11.5 Å². The molecule has 2 rings (SSSR count). The molecule has 4 nitrogen and oxygen atoms in total. The number of carbonyl (C=O) groups is 1. The monoisotopic (exact) mass is 317 g/mol. The molecule has 0 fully saturated rings. The van der Waals surface area contributed by atoms with Crippen molar-refractivity contribution < 1.29 is 18.7 Å². The third-order valence-corrected chi connectivity index (χ3v) is 3.46. The van der Waals surface area contributed by atoms with Gasteiger partial charge >= 0.3 is 0 Å². The van der Waals surface area contributed by atoms with Crippen LogP contribution in [0.3, 0.4) is 0 Å². The molecule has 122 valence electrons. The van der Waals surface area contributed by atoms with E-state index in [1.165, 1.54) is 25.3 Å². The Morgan fingerprint density at radius 1 is 1.13 bits per heavy atom. The maximum absolute atomic E-state index is 13.3. The summed E-state index contributed by atoms with van der Waals surface area (Å²) in [6.45, 7) is 0.504. The lowest BCUT2D eigenvalue weighted by atomic mass is 10.1. The first-order valence-corrected chi connectivity index (χ1v) is 7.34. The molecule has 0 saturated heterocycles. The Balaban J connectivity index is 1.87. The van der Waals surface area contributed by atoms with Gasteiger partial charge in [0.15, 0.2) is 0 Å². The van der Waals surface area contributed by atoms with Crippen molar-refractivity contribution in [2.75, 3.05) is 20.8 Å². The molecule has 0 heterocycles. The van der Waals surface area contributed by atoms with E-state index in [0.717, 1.165) is 11.3 Å². The number of carbonyl (C=O) groups excluding carboxylic acids is 1. The van der Waals surface area contributed by atoms with Gasteiger partial charge < -0.3 is 14.8 Å². The molecule has 0 atom stereocenters. The van der Waals surface area contributed by atoms with Crippen LogP contribution < -0.4 is 14.8 Å². The summed E-state index contributed by atoms with van der Waals surface area (Å²) in [5.41, 5.74) is 1.61. The van der Waals surface area contributed by atoms with Crippen LogP contribution >= 0.6 is 0 Å². The van der Waals surface area contributed by atoms with Gasteiger partial charge in [0, 0.05) is 12.1 Å². The summed E-state index contributed by atoms with van der Waals surface area (Å²) in [5.74, 6) is 0.745. The molecule has 0 spiro atoms. The Kier molecular flexibility index (Phi) is 5.97. The summed E-state index contributed by atoms with van der Waals surface area (Å²) in [6, 6.07) is 11.8. The van der Waals surface area contributed by atoms with E-state index in [1.54, 1.807) is 7.11 Å². The topological polar surface area (TPSA) is 47.6 Å². The third-order valence-electron chi connectivity index (χ3n) is 3.46. The number of nitrogens with one attached hydrogen (secondary N) is 1. The molecule has 1 amide bonds. The highest BCUT2D eigenvalue weighted by atomic mass is 19.1. The number of hydrogen-bond acceptors (Lipinski definition) is 3. The Morgan fingerprint density at radius 2 is 1.96 bits per heavy atom. The zero-order valence-corrected chi connectivity index (χ0v) is 13.3. The van der Waals surface area contributed by atoms with Crippen molar-refractivity contribution in [3.05, 3.63) is 59.4 Å². The van der Waals surface area contributed by atoms with E-state index in [1.807, 2.05) is 24.3 Å². The summed E-state index contributed by atoms with van der Waals surface area (Å²) in [6.07, 6.45) is 0.780. The second-order valence-electron chi connectivity index (χ2n) is 5.08. The molecule has 2 aromatic carbocycles. The molecule has 0 saturated carbocycles. The van der Waals surface area contributed by atoms with Gasteiger partial charge in [-0.1, -0.05) is 12.1 Å². The fraction of sp³-hybridized carbons (Fsp3) is 0.278. The van der Waals surface area contributed by atoms with Crippen LogP contribution in [0, 0.1) is 5.82 Å². The van der Waals surface area contributed by atoms with E-state index in [0.29, 0.717) is 24.3 Å². The van der Waals surface area contributed by atoms with Crippen LogP contribution in [-0.2, 0) is 17.6 Å². The summed E-state index contributed by atoms with van der Waals surface area (Å²) in [4.78, 5) is 12.0. The van der Waals surface area contributed by atoms with Crippen LogP contribution in [0.2, 0.25) is 0 Å². The first kappa shape index (κ1) is 16.8. The molecular weight excluding hydrogens is 297 g/mol. The van der Waals surface area contributed by atoms with Crippen LogP contribution in [0.25, 0.3) is 0 Å². The van der Waals surface area contributed by atoms with Gasteiger partial charge in [-0.2, -0.15) is 0 Å². The first-order valence-electron chi connectivity index (χ1n) is 7.34. The second-order valence-corrected chi connectivity index (χ2v) is 5.08. The molecule has 0 unspecified atom stereocenters. The van der Waals surface area contributed by atoms with Crippen LogP contribution in [0.1, 0.15) is 11.1 Å². The van der Waals surface area contributed by atoms with Crippen molar-refractivity contribution in [3.63, 3.8) is 0 Å². The van der Waals surface area contributed by atoms with Crippen molar-refractivity contribution in [2.45, 2.75) is 12.8 Å². The Morgan fingerprint density at radius 3 is 2.70 bits per heavy atom. The predicted molar refractivity (Wildman–Crippen MR) is 86.4 cm³/mol. The summed E-state index contributed by atoms with van der Waals surface area (Å²) < 4.78 is 23.6. The van der Waals surface area contributed by atoms with Gasteiger partial charge in [0.2, 0.25) is 5.91 Å². The van der Waals surface area contributed by atoms with Gasteiger partial charge in [-0.25, -0.2) is 4.39 Å². The molecule has 0 aliphatic carbocycles. The fourth-order valence-electron chi connectivity index (χ4n) is 2.30. The molecule has 0 aromatic heterocycles. The minimum absolute atomic E-state index is 0.0824. The lowest BCUT2D eigenvalue weighted by Crippen LogP contribution is -2.27. The fourth-order valence-corrected chi connectivity index (χ4v) is 2.30. The average molecular weight is 317 g/mol. The predicted octanol–water partition coefficient (Wildman–Crippen LogP) is 2.74. The standard InChI is InChI=1S/C18H20FNO3/c1-22-16-5-3-4-13(10-16)8-9-20-18(21)12-14-11-15(19)6-7-17(14)23-2/h3-7,10-11H,8-9,12H2,1-2H3,(H,20,21). The molecule has 0 bridgehead atoms. The van der Waals surface area contributed by atoms with Crippen LogP contribution in [-0.4, -0.2) is 26.7 Å². The quantitative estimate of drug-likeness (QED) is 0.854. The molecule has 2 aromatic rings. The summed E-state index contributed by atoms with van der Waals surface area (Å²) in [5, 5.41) is 2.83. The Labute approximate surface area is 135 Å². The highest BCUT2D eigenvalue weighted by Crippen LogP contribution is 2.19. The normalized spacial score (nSPS) is 10.2. The Hall–Kier alpha value is -2.56. The van der Waals surface area contributed by atoms with Crippen molar-refractivity contribution in [1.29, 1.82) is 0 Å². The molecule has 0 aliphatic rings. The smallest absolute Gasteiger partial charge is 0.224 e. The van der Waals surface area contributed by atoms with E-state index in [9.17, 15) is 9.18 Å². The average Bonchev–Trinajstić information content (AvgIpc) is 2.55. The number of ether oxygens (including phenoxy) is 2. The molecule has 1 N–H and O–H groups in total. The summed E-state index contributed by atoms with van der Waals surface area (Å²) in [7, 11) is 3.12. The molecule has 23 heavy (non-hydrogen) atoms. The number of benzene rings is 2. The third kappa shape index (κ3) is 4.98. The van der Waals surface area contributed by atoms with Crippen molar-refractivity contribution in [3.8, 4) is 11.5 Å². The van der Waals surface area contributed by atoms with Gasteiger partial charge in [0.1, 0.15) is 17.3 Å². The SMILES string of the molecule is COc1cccc(CCNC(=O)Cc2cc(F)ccc2OC)c1. The minimum atomic E-state index is -0.384. The maximum atomic E-state index is 13.3. The van der Waals surface area contributed by atoms with Gasteiger partial charge in [-0.05, 0) is 42.3 Å². The van der Waals surface area contributed by atoms with Crippen LogP contribution in [0.15, 0.2) is 42.5 Å². The van der Waals surface area contributed by atoms with Crippen molar-refractivity contribution in [1.82, 2.24) is 5.32 Å². The molecule has 5 heteroatoms. The first-order chi connectivity index (χ1) is 11.1. The van der Waals surface area contributed by atoms with Gasteiger partial charge in [-0.3, -0.25) is 4.79 Å². The highest BCUT2D eigenvalue weighted by Gasteiger charge is 2.09. The van der Waals surface area contributed by atoms with Crippen molar-refractivity contribution >= 4 is 5.91 Å². The minimum Gasteiger partial charge on any atom is -0.497 e. The van der Waals surface area contributed by atoms with Gasteiger partial charge in [-0.15, -0.1) is 0 Å². The van der Waals surface area contributed by atoms with E-state index in [2.05, 4.69) is 5.32 Å². The molecule has 0 radical (unpaired) electrons.